The first-order valence-electron chi connectivity index (χ1n) is 10.3. The smallest absolute Gasteiger partial charge is 0.280 e. The molecule has 0 radical (unpaired) electrons. The van der Waals surface area contributed by atoms with E-state index in [0.29, 0.717) is 15.9 Å². The predicted octanol–water partition coefficient (Wildman–Crippen LogP) is -0.0850. The summed E-state index contributed by atoms with van der Waals surface area (Å²) in [5, 5.41) is 5.23. The van der Waals surface area contributed by atoms with Crippen LogP contribution in [0.2, 0.25) is 0 Å². The lowest BCUT2D eigenvalue weighted by Gasteiger charge is -2.07. The molecule has 0 bridgehead atoms. The summed E-state index contributed by atoms with van der Waals surface area (Å²) >= 11 is 1.86. The second kappa shape index (κ2) is 13.1. The molecule has 12 N–H and O–H groups in total. The second-order valence-corrected chi connectivity index (χ2v) is 8.14. The Hall–Kier alpha value is -3.69. The van der Waals surface area contributed by atoms with Gasteiger partial charge in [-0.25, -0.2) is 9.97 Å². The van der Waals surface area contributed by atoms with Crippen LogP contribution in [-0.4, -0.2) is 46.8 Å². The highest BCUT2D eigenvalue weighted by Gasteiger charge is 2.16. The standard InChI is InChI=1S/C20H28IN11O2/c21-15-17(23)31-16(22)14(30-15)18(34)32-20(26)28-9-2-1-3-11-4-6-12(7-5-11)29-13(33)8-10-27-19(24)25/h4-7H,1-3,8-10H2,(H,29,33)(H4,22,23,31)(H4,24,25,27)(H3,26,28,32,34). The number of unbranched alkanes of at least 4 members (excludes halogenated alkanes) is 1. The third-order valence-corrected chi connectivity index (χ3v) is 5.18. The summed E-state index contributed by atoms with van der Waals surface area (Å²) in [7, 11) is 0. The highest BCUT2D eigenvalue weighted by Crippen LogP contribution is 2.15. The number of amides is 2. The summed E-state index contributed by atoms with van der Waals surface area (Å²) < 4.78 is 0.366. The van der Waals surface area contributed by atoms with Gasteiger partial charge in [0, 0.05) is 18.7 Å². The van der Waals surface area contributed by atoms with Crippen LogP contribution < -0.4 is 39.3 Å². The van der Waals surface area contributed by atoms with Crippen LogP contribution in [0.15, 0.2) is 34.3 Å². The van der Waals surface area contributed by atoms with Crippen LogP contribution in [0.4, 0.5) is 17.3 Å². The van der Waals surface area contributed by atoms with E-state index < -0.39 is 5.91 Å². The number of hydrogen-bond acceptors (Lipinski definition) is 8. The Morgan fingerprint density at radius 2 is 1.65 bits per heavy atom. The molecule has 14 heteroatoms. The minimum Gasteiger partial charge on any atom is -0.382 e. The number of aliphatic imine (C=N–C) groups is 2. The zero-order valence-corrected chi connectivity index (χ0v) is 20.6. The number of carbonyl (C=O) groups excluding carboxylic acids is 2. The molecule has 0 spiro atoms. The van der Waals surface area contributed by atoms with Crippen LogP contribution >= 0.6 is 22.6 Å². The maximum absolute atomic E-state index is 12.2. The van der Waals surface area contributed by atoms with Crippen LogP contribution in [-0.2, 0) is 11.2 Å². The van der Waals surface area contributed by atoms with Gasteiger partial charge in [0.2, 0.25) is 5.91 Å². The molecular weight excluding hydrogens is 553 g/mol. The molecule has 0 aliphatic heterocycles. The van der Waals surface area contributed by atoms with Crippen molar-refractivity contribution in [3.63, 3.8) is 0 Å². The molecule has 0 atom stereocenters. The summed E-state index contributed by atoms with van der Waals surface area (Å²) in [6.07, 6.45) is 2.66. The molecule has 182 valence electrons. The first-order valence-corrected chi connectivity index (χ1v) is 11.4. The van der Waals surface area contributed by atoms with Crippen LogP contribution in [0.1, 0.15) is 35.3 Å². The average molecular weight is 581 g/mol. The number of benzene rings is 1. The van der Waals surface area contributed by atoms with Gasteiger partial charge >= 0.3 is 0 Å². The van der Waals surface area contributed by atoms with Crippen LogP contribution in [0.5, 0.6) is 0 Å². The number of nitrogen functional groups attached to an aromatic ring is 2. The van der Waals surface area contributed by atoms with Gasteiger partial charge in [-0.3, -0.25) is 24.9 Å². The number of nitrogens with one attached hydrogen (secondary N) is 2. The Kier molecular flexibility index (Phi) is 10.3. The zero-order chi connectivity index (χ0) is 25.1. The van der Waals surface area contributed by atoms with Crippen LogP contribution in [0.3, 0.4) is 0 Å². The second-order valence-electron chi connectivity index (χ2n) is 7.11. The molecule has 0 unspecified atom stereocenters. The summed E-state index contributed by atoms with van der Waals surface area (Å²) in [6, 6.07) is 7.57. The molecule has 0 saturated heterocycles. The molecule has 2 aromatic rings. The van der Waals surface area contributed by atoms with Gasteiger partial charge in [0.05, 0.1) is 6.54 Å². The number of nitrogens with two attached hydrogens (primary N) is 5. The third-order valence-electron chi connectivity index (χ3n) is 4.39. The van der Waals surface area contributed by atoms with Crippen molar-refractivity contribution < 1.29 is 9.59 Å². The van der Waals surface area contributed by atoms with E-state index in [-0.39, 0.29) is 48.1 Å². The highest BCUT2D eigenvalue weighted by atomic mass is 127. The molecule has 2 amide bonds. The van der Waals surface area contributed by atoms with Gasteiger partial charge in [0.1, 0.15) is 3.70 Å². The molecule has 13 nitrogen and oxygen atoms in total. The molecule has 0 aliphatic rings. The van der Waals surface area contributed by atoms with Gasteiger partial charge in [0.15, 0.2) is 29.2 Å². The van der Waals surface area contributed by atoms with Crippen molar-refractivity contribution in [2.75, 3.05) is 29.9 Å². The van der Waals surface area contributed by atoms with Crippen molar-refractivity contribution in [1.29, 1.82) is 0 Å². The molecule has 2 rings (SSSR count). The molecule has 34 heavy (non-hydrogen) atoms. The third kappa shape index (κ3) is 9.05. The maximum atomic E-state index is 12.2. The number of aryl methyl sites for hydroxylation is 1. The molecule has 1 heterocycles. The van der Waals surface area contributed by atoms with E-state index in [9.17, 15) is 9.59 Å². The molecule has 0 fully saturated rings. The fourth-order valence-corrected chi connectivity index (χ4v) is 3.09. The van der Waals surface area contributed by atoms with Gasteiger partial charge in [-0.1, -0.05) is 12.1 Å². The fourth-order valence-electron chi connectivity index (χ4n) is 2.73. The summed E-state index contributed by atoms with van der Waals surface area (Å²) in [5.74, 6) is -0.773. The van der Waals surface area contributed by atoms with E-state index in [4.69, 9.17) is 28.7 Å². The van der Waals surface area contributed by atoms with Crippen LogP contribution in [0, 0.1) is 3.70 Å². The topological polar surface area (TPSA) is 239 Å². The van der Waals surface area contributed by atoms with Crippen molar-refractivity contribution in [2.24, 2.45) is 27.2 Å². The first kappa shape index (κ1) is 26.6. The number of hydrogen-bond donors (Lipinski definition) is 7. The molecular formula is C20H28IN11O2. The van der Waals surface area contributed by atoms with Gasteiger partial charge in [-0.05, 0) is 59.5 Å². The van der Waals surface area contributed by atoms with Crippen molar-refractivity contribution >= 4 is 63.6 Å². The number of aromatic nitrogens is 2. The van der Waals surface area contributed by atoms with Gasteiger partial charge in [-0.2, -0.15) is 0 Å². The van der Waals surface area contributed by atoms with Gasteiger partial charge in [-0.15, -0.1) is 0 Å². The average Bonchev–Trinajstić information content (AvgIpc) is 2.76. The van der Waals surface area contributed by atoms with E-state index in [1.807, 2.05) is 46.9 Å². The molecule has 0 saturated carbocycles. The Morgan fingerprint density at radius 3 is 2.32 bits per heavy atom. The monoisotopic (exact) mass is 581 g/mol. The lowest BCUT2D eigenvalue weighted by molar-refractivity contribution is -0.116. The van der Waals surface area contributed by atoms with Crippen molar-refractivity contribution in [2.45, 2.75) is 25.7 Å². The van der Waals surface area contributed by atoms with E-state index in [1.165, 1.54) is 0 Å². The van der Waals surface area contributed by atoms with E-state index in [0.717, 1.165) is 24.8 Å². The minimum atomic E-state index is -0.604. The van der Waals surface area contributed by atoms with Gasteiger partial charge in [0.25, 0.3) is 5.91 Å². The molecule has 0 aliphatic carbocycles. The quantitative estimate of drug-likeness (QED) is 0.0858. The Morgan fingerprint density at radius 1 is 0.941 bits per heavy atom. The van der Waals surface area contributed by atoms with E-state index in [2.05, 4.69) is 30.6 Å². The lowest BCUT2D eigenvalue weighted by Crippen LogP contribution is -2.38. The fraction of sp³-hybridized carbons (Fsp3) is 0.300. The van der Waals surface area contributed by atoms with Crippen molar-refractivity contribution in [3.8, 4) is 0 Å². The van der Waals surface area contributed by atoms with Crippen molar-refractivity contribution in [1.82, 2.24) is 15.3 Å². The Bertz CT molecular complexity index is 1070. The SMILES string of the molecule is NC(N)=NCCC(=O)Nc1ccc(CCCCN=C(N)NC(=O)c2nc(I)c(N)nc2N)cc1. The maximum Gasteiger partial charge on any atom is 0.280 e. The highest BCUT2D eigenvalue weighted by molar-refractivity contribution is 14.1. The Labute approximate surface area is 210 Å². The van der Waals surface area contributed by atoms with Crippen molar-refractivity contribution in [3.05, 3.63) is 39.2 Å². The number of nitrogens with zero attached hydrogens (tertiary/aromatic N) is 4. The summed E-state index contributed by atoms with van der Waals surface area (Å²) in [6.45, 7) is 0.683. The molecule has 1 aromatic carbocycles. The zero-order valence-electron chi connectivity index (χ0n) is 18.4. The lowest BCUT2D eigenvalue weighted by atomic mass is 10.1. The number of carbonyl (C=O) groups is 2. The van der Waals surface area contributed by atoms with Crippen LogP contribution in [0.25, 0.3) is 0 Å². The molecule has 1 aromatic heterocycles. The van der Waals surface area contributed by atoms with Gasteiger partial charge < -0.3 is 34.0 Å². The predicted molar refractivity (Wildman–Crippen MR) is 141 cm³/mol. The number of rotatable bonds is 10. The Balaban J connectivity index is 1.72. The number of anilines is 3. The number of halogens is 1. The summed E-state index contributed by atoms with van der Waals surface area (Å²) in [4.78, 5) is 39.9. The minimum absolute atomic E-state index is 0.0297. The number of guanidine groups is 2. The van der Waals surface area contributed by atoms with E-state index in [1.54, 1.807) is 0 Å². The van der Waals surface area contributed by atoms with E-state index >= 15 is 0 Å². The summed E-state index contributed by atoms with van der Waals surface area (Å²) in [5.41, 5.74) is 29.3. The first-order chi connectivity index (χ1) is 16.2. The normalized spacial score (nSPS) is 11.0. The largest absolute Gasteiger partial charge is 0.382 e.